The SMILES string of the molecule is CC12C(=O)N(c3ccccc3)C(=O)C1CC1C(=CCC3C(=O)N(c4cc(C(F)(F)F)cc(C(F)(F)F)c4)C(=O)C31)C2c1cccc(F)c1O. The molecule has 6 atom stereocenters. The Balaban J connectivity index is 1.37. The van der Waals surface area contributed by atoms with Gasteiger partial charge in [-0.05, 0) is 62.1 Å². The van der Waals surface area contributed by atoms with Crippen molar-refractivity contribution in [2.45, 2.75) is 38.0 Å². The highest BCUT2D eigenvalue weighted by Gasteiger charge is 2.68. The van der Waals surface area contributed by atoms with Gasteiger partial charge in [-0.3, -0.25) is 19.2 Å². The van der Waals surface area contributed by atoms with Gasteiger partial charge in [0.15, 0.2) is 11.6 Å². The first kappa shape index (κ1) is 32.5. The van der Waals surface area contributed by atoms with Crippen molar-refractivity contribution in [3.63, 3.8) is 0 Å². The second kappa shape index (κ2) is 10.7. The van der Waals surface area contributed by atoms with Crippen LogP contribution in [0, 0.1) is 34.9 Å². The van der Waals surface area contributed by atoms with Crippen LogP contribution in [0.2, 0.25) is 0 Å². The molecule has 1 N–H and O–H groups in total. The van der Waals surface area contributed by atoms with Crippen LogP contribution < -0.4 is 9.80 Å². The molecule has 4 amide bonds. The highest BCUT2D eigenvalue weighted by molar-refractivity contribution is 6.25. The van der Waals surface area contributed by atoms with Gasteiger partial charge in [-0.15, -0.1) is 0 Å². The third kappa shape index (κ3) is 4.70. The maximum Gasteiger partial charge on any atom is 0.416 e. The van der Waals surface area contributed by atoms with Crippen LogP contribution in [0.25, 0.3) is 0 Å². The number of phenolic OH excluding ortho intramolecular Hbond substituents is 1. The molecule has 1 saturated carbocycles. The second-order valence-corrected chi connectivity index (χ2v) is 13.0. The maximum absolute atomic E-state index is 14.8. The minimum absolute atomic E-state index is 0.0562. The molecule has 2 aliphatic carbocycles. The first-order chi connectivity index (χ1) is 23.0. The number of amides is 4. The standard InChI is InChI=1S/C35H25F7N2O5/c1-33-24(30(47)44(32(33)49)18-6-3-2-4-7-18)15-23-20(27(33)22-8-5-9-25(36)28(22)45)10-11-21-26(23)31(48)43(29(21)46)19-13-16(34(37,38)39)12-17(14-19)35(40,41)42/h2-10,12-14,21,23-24,26-27,45H,11,15H2,1H3. The summed E-state index contributed by atoms with van der Waals surface area (Å²) in [5.74, 6) is -11.1. The molecule has 6 unspecified atom stereocenters. The largest absolute Gasteiger partial charge is 0.505 e. The molecule has 0 aromatic heterocycles. The first-order valence-electron chi connectivity index (χ1n) is 15.2. The maximum atomic E-state index is 14.8. The lowest BCUT2D eigenvalue weighted by Gasteiger charge is -2.49. The van der Waals surface area contributed by atoms with Crippen molar-refractivity contribution in [3.05, 3.63) is 101 Å². The highest BCUT2D eigenvalue weighted by Crippen LogP contribution is 2.64. The van der Waals surface area contributed by atoms with Crippen LogP contribution in [-0.2, 0) is 31.5 Å². The molecule has 2 saturated heterocycles. The highest BCUT2D eigenvalue weighted by atomic mass is 19.4. The quantitative estimate of drug-likeness (QED) is 0.182. The Morgan fingerprint density at radius 2 is 1.39 bits per heavy atom. The lowest BCUT2D eigenvalue weighted by Crippen LogP contribution is -2.49. The number of carbonyl (C=O) groups excluding carboxylic acids is 4. The normalized spacial score (nSPS) is 28.4. The fraction of sp³-hybridized carbons (Fsp3) is 0.314. The fourth-order valence-electron chi connectivity index (χ4n) is 8.27. The van der Waals surface area contributed by atoms with Gasteiger partial charge in [-0.25, -0.2) is 14.2 Å². The van der Waals surface area contributed by atoms with E-state index in [-0.39, 0.29) is 30.2 Å². The minimum Gasteiger partial charge on any atom is -0.505 e. The van der Waals surface area contributed by atoms with E-state index in [9.17, 15) is 55.0 Å². The number of phenols is 1. The number of hydrogen-bond donors (Lipinski definition) is 1. The Labute approximate surface area is 273 Å². The molecule has 4 aliphatic rings. The Morgan fingerprint density at radius 3 is 2.00 bits per heavy atom. The molecule has 49 heavy (non-hydrogen) atoms. The third-order valence-electron chi connectivity index (χ3n) is 10.4. The van der Waals surface area contributed by atoms with Crippen LogP contribution in [0.1, 0.15) is 42.4 Å². The van der Waals surface area contributed by atoms with Crippen LogP contribution in [0.15, 0.2) is 78.4 Å². The van der Waals surface area contributed by atoms with E-state index < -0.39 is 99.4 Å². The molecule has 0 spiro atoms. The molecule has 2 heterocycles. The van der Waals surface area contributed by atoms with E-state index in [4.69, 9.17) is 0 Å². The Kier molecular flexibility index (Phi) is 7.13. The fourth-order valence-corrected chi connectivity index (χ4v) is 8.27. The van der Waals surface area contributed by atoms with E-state index in [1.54, 1.807) is 24.3 Å². The van der Waals surface area contributed by atoms with Crippen molar-refractivity contribution < 1.29 is 55.0 Å². The third-order valence-corrected chi connectivity index (χ3v) is 10.4. The average molecular weight is 687 g/mol. The van der Waals surface area contributed by atoms with Gasteiger partial charge in [0, 0.05) is 11.5 Å². The van der Waals surface area contributed by atoms with Crippen molar-refractivity contribution in [1.82, 2.24) is 0 Å². The zero-order chi connectivity index (χ0) is 35.4. The smallest absolute Gasteiger partial charge is 0.416 e. The van der Waals surface area contributed by atoms with Crippen molar-refractivity contribution in [2.75, 3.05) is 9.80 Å². The van der Waals surface area contributed by atoms with Gasteiger partial charge in [-0.1, -0.05) is 42.0 Å². The van der Waals surface area contributed by atoms with Gasteiger partial charge in [0.2, 0.25) is 23.6 Å². The Hall–Kier alpha value is -5.01. The summed E-state index contributed by atoms with van der Waals surface area (Å²) in [4.78, 5) is 57.6. The minimum atomic E-state index is -5.24. The van der Waals surface area contributed by atoms with Gasteiger partial charge in [0.05, 0.1) is 45.7 Å². The second-order valence-electron chi connectivity index (χ2n) is 13.0. The molecule has 3 aromatic rings. The monoisotopic (exact) mass is 686 g/mol. The number of anilines is 2. The summed E-state index contributed by atoms with van der Waals surface area (Å²) in [5.41, 5.74) is -5.43. The van der Waals surface area contributed by atoms with Crippen LogP contribution in [0.4, 0.5) is 42.1 Å². The number of hydrogen-bond acceptors (Lipinski definition) is 5. The number of alkyl halides is 6. The number of benzene rings is 3. The van der Waals surface area contributed by atoms with E-state index in [2.05, 4.69) is 0 Å². The molecule has 2 aliphatic heterocycles. The van der Waals surface area contributed by atoms with E-state index in [0.717, 1.165) is 11.0 Å². The molecule has 0 radical (unpaired) electrons. The molecular formula is C35H25F7N2O5. The predicted molar refractivity (Wildman–Crippen MR) is 158 cm³/mol. The number of aromatic hydroxyl groups is 1. The van der Waals surface area contributed by atoms with Crippen LogP contribution in [-0.4, -0.2) is 28.7 Å². The summed E-state index contributed by atoms with van der Waals surface area (Å²) < 4.78 is 97.1. The summed E-state index contributed by atoms with van der Waals surface area (Å²) in [6, 6.07) is 12.1. The average Bonchev–Trinajstić information content (AvgIpc) is 3.41. The topological polar surface area (TPSA) is 95.0 Å². The number of para-hydroxylation sites is 2. The summed E-state index contributed by atoms with van der Waals surface area (Å²) in [6.07, 6.45) is -9.31. The van der Waals surface area contributed by atoms with Crippen molar-refractivity contribution in [1.29, 1.82) is 0 Å². The summed E-state index contributed by atoms with van der Waals surface area (Å²) in [6.45, 7) is 1.51. The Morgan fingerprint density at radius 1 is 0.755 bits per heavy atom. The molecular weight excluding hydrogens is 661 g/mol. The molecule has 14 heteroatoms. The molecule has 3 fully saturated rings. The lowest BCUT2D eigenvalue weighted by atomic mass is 9.51. The van der Waals surface area contributed by atoms with Crippen LogP contribution >= 0.6 is 0 Å². The number of fused-ring (bicyclic) bond motifs is 4. The van der Waals surface area contributed by atoms with Gasteiger partial charge in [-0.2, -0.15) is 26.3 Å². The van der Waals surface area contributed by atoms with Crippen molar-refractivity contribution in [3.8, 4) is 5.75 Å². The van der Waals surface area contributed by atoms with Gasteiger partial charge < -0.3 is 5.11 Å². The van der Waals surface area contributed by atoms with Crippen molar-refractivity contribution >= 4 is 35.0 Å². The zero-order valence-electron chi connectivity index (χ0n) is 25.3. The number of imide groups is 2. The predicted octanol–water partition coefficient (Wildman–Crippen LogP) is 7.00. The lowest BCUT2D eigenvalue weighted by molar-refractivity contribution is -0.143. The zero-order valence-corrected chi connectivity index (χ0v) is 25.3. The molecule has 254 valence electrons. The number of nitrogens with zero attached hydrogens (tertiary/aromatic N) is 2. The summed E-state index contributed by atoms with van der Waals surface area (Å²) in [5, 5.41) is 10.9. The van der Waals surface area contributed by atoms with E-state index in [1.807, 2.05) is 0 Å². The van der Waals surface area contributed by atoms with E-state index in [0.29, 0.717) is 22.6 Å². The van der Waals surface area contributed by atoms with Gasteiger partial charge in [0.25, 0.3) is 0 Å². The van der Waals surface area contributed by atoms with E-state index >= 15 is 0 Å². The van der Waals surface area contributed by atoms with Gasteiger partial charge >= 0.3 is 12.4 Å². The van der Waals surface area contributed by atoms with Crippen molar-refractivity contribution in [2.24, 2.45) is 29.1 Å². The van der Waals surface area contributed by atoms with Crippen LogP contribution in [0.5, 0.6) is 5.75 Å². The van der Waals surface area contributed by atoms with Crippen LogP contribution in [0.3, 0.4) is 0 Å². The van der Waals surface area contributed by atoms with Gasteiger partial charge in [0.1, 0.15) is 0 Å². The summed E-state index contributed by atoms with van der Waals surface area (Å²) >= 11 is 0. The number of rotatable bonds is 3. The number of halogens is 7. The molecule has 0 bridgehead atoms. The molecule has 7 rings (SSSR count). The van der Waals surface area contributed by atoms with E-state index in [1.165, 1.54) is 31.2 Å². The first-order valence-corrected chi connectivity index (χ1v) is 15.2. The number of allylic oxidation sites excluding steroid dienone is 2. The molecule has 3 aromatic carbocycles. The number of carbonyl (C=O) groups is 4. The summed E-state index contributed by atoms with van der Waals surface area (Å²) in [7, 11) is 0. The Bertz CT molecular complexity index is 1940. The molecule has 7 nitrogen and oxygen atoms in total.